The molecule has 2 aromatic heterocycles. The Balaban J connectivity index is 1.40. The lowest BCUT2D eigenvalue weighted by Gasteiger charge is -2.34. The van der Waals surface area contributed by atoms with Gasteiger partial charge < -0.3 is 9.64 Å². The zero-order valence-electron chi connectivity index (χ0n) is 18.1. The Hall–Kier alpha value is -2.70. The molecule has 3 aromatic rings. The van der Waals surface area contributed by atoms with E-state index in [0.717, 1.165) is 43.0 Å². The van der Waals surface area contributed by atoms with E-state index in [0.29, 0.717) is 23.1 Å². The molecule has 0 saturated carbocycles. The number of ether oxygens (including phenoxy) is 1. The van der Waals surface area contributed by atoms with E-state index < -0.39 is 0 Å². The zero-order valence-corrected chi connectivity index (χ0v) is 18.9. The molecule has 0 spiro atoms. The van der Waals surface area contributed by atoms with Gasteiger partial charge in [0.15, 0.2) is 0 Å². The van der Waals surface area contributed by atoms with Gasteiger partial charge in [-0.25, -0.2) is 4.98 Å². The SMILES string of the molecule is Cc1ccnc(COC2CCN(c3ccc(-n4c(C)nc(C)cc4=O)cc3Cl)CC2)c1. The number of aryl methyl sites for hydroxylation is 3. The largest absolute Gasteiger partial charge is 0.372 e. The second-order valence-electron chi connectivity index (χ2n) is 8.08. The summed E-state index contributed by atoms with van der Waals surface area (Å²) in [5.74, 6) is 0.648. The van der Waals surface area contributed by atoms with Crippen LogP contribution in [0.5, 0.6) is 0 Å². The summed E-state index contributed by atoms with van der Waals surface area (Å²) in [6.07, 6.45) is 3.91. The van der Waals surface area contributed by atoms with E-state index in [-0.39, 0.29) is 11.7 Å². The monoisotopic (exact) mass is 438 g/mol. The van der Waals surface area contributed by atoms with Gasteiger partial charge in [-0.1, -0.05) is 11.6 Å². The highest BCUT2D eigenvalue weighted by molar-refractivity contribution is 6.33. The number of hydrogen-bond acceptors (Lipinski definition) is 5. The molecule has 1 aromatic carbocycles. The highest BCUT2D eigenvalue weighted by Crippen LogP contribution is 2.31. The molecule has 1 aliphatic rings. The molecule has 1 fully saturated rings. The minimum absolute atomic E-state index is 0.102. The molecule has 0 atom stereocenters. The second-order valence-corrected chi connectivity index (χ2v) is 8.48. The molecule has 1 saturated heterocycles. The Morgan fingerprint density at radius 3 is 2.55 bits per heavy atom. The molecule has 0 aliphatic carbocycles. The molecule has 162 valence electrons. The molecule has 0 N–H and O–H groups in total. The lowest BCUT2D eigenvalue weighted by atomic mass is 10.1. The minimum atomic E-state index is -0.102. The molecule has 4 rings (SSSR count). The number of pyridine rings is 1. The van der Waals surface area contributed by atoms with Gasteiger partial charge in [0.25, 0.3) is 5.56 Å². The van der Waals surface area contributed by atoms with Crippen LogP contribution in [0.2, 0.25) is 5.02 Å². The number of piperidine rings is 1. The van der Waals surface area contributed by atoms with Gasteiger partial charge in [0.2, 0.25) is 0 Å². The van der Waals surface area contributed by atoms with Crippen molar-refractivity contribution in [2.75, 3.05) is 18.0 Å². The van der Waals surface area contributed by atoms with Crippen LogP contribution in [0, 0.1) is 20.8 Å². The van der Waals surface area contributed by atoms with Gasteiger partial charge in [-0.15, -0.1) is 0 Å². The first-order valence-electron chi connectivity index (χ1n) is 10.6. The van der Waals surface area contributed by atoms with Crippen LogP contribution in [-0.2, 0) is 11.3 Å². The Kier molecular flexibility index (Phi) is 6.39. The lowest BCUT2D eigenvalue weighted by Crippen LogP contribution is -2.37. The van der Waals surface area contributed by atoms with Gasteiger partial charge in [0.05, 0.1) is 34.8 Å². The van der Waals surface area contributed by atoms with E-state index in [9.17, 15) is 4.79 Å². The fourth-order valence-corrected chi connectivity index (χ4v) is 4.38. The van der Waals surface area contributed by atoms with Crippen molar-refractivity contribution < 1.29 is 4.74 Å². The van der Waals surface area contributed by atoms with Crippen LogP contribution >= 0.6 is 11.6 Å². The van der Waals surface area contributed by atoms with Crippen LogP contribution < -0.4 is 10.5 Å². The molecule has 31 heavy (non-hydrogen) atoms. The molecule has 0 amide bonds. The molecule has 3 heterocycles. The minimum Gasteiger partial charge on any atom is -0.372 e. The predicted molar refractivity (Wildman–Crippen MR) is 123 cm³/mol. The van der Waals surface area contributed by atoms with Crippen LogP contribution in [0.1, 0.15) is 35.6 Å². The van der Waals surface area contributed by atoms with Crippen molar-refractivity contribution in [1.82, 2.24) is 14.5 Å². The van der Waals surface area contributed by atoms with Gasteiger partial charge in [0, 0.05) is 31.0 Å². The smallest absolute Gasteiger partial charge is 0.258 e. The summed E-state index contributed by atoms with van der Waals surface area (Å²) in [6.45, 7) is 7.99. The van der Waals surface area contributed by atoms with Crippen LogP contribution in [0.4, 0.5) is 5.69 Å². The van der Waals surface area contributed by atoms with Crippen LogP contribution in [0.3, 0.4) is 0 Å². The summed E-state index contributed by atoms with van der Waals surface area (Å²) in [5, 5.41) is 0.632. The summed E-state index contributed by atoms with van der Waals surface area (Å²) in [4.78, 5) is 23.5. The summed E-state index contributed by atoms with van der Waals surface area (Å²) >= 11 is 6.62. The van der Waals surface area contributed by atoms with Gasteiger partial charge >= 0.3 is 0 Å². The van der Waals surface area contributed by atoms with E-state index in [1.165, 1.54) is 11.6 Å². The zero-order chi connectivity index (χ0) is 22.0. The van der Waals surface area contributed by atoms with E-state index in [2.05, 4.69) is 27.9 Å². The Morgan fingerprint density at radius 1 is 1.10 bits per heavy atom. The van der Waals surface area contributed by atoms with Crippen molar-refractivity contribution in [2.24, 2.45) is 0 Å². The number of hydrogen-bond donors (Lipinski definition) is 0. The van der Waals surface area contributed by atoms with Crippen molar-refractivity contribution in [3.05, 3.63) is 80.7 Å². The summed E-state index contributed by atoms with van der Waals surface area (Å²) in [7, 11) is 0. The van der Waals surface area contributed by atoms with Gasteiger partial charge in [-0.2, -0.15) is 0 Å². The van der Waals surface area contributed by atoms with Crippen LogP contribution in [-0.4, -0.2) is 33.7 Å². The van der Waals surface area contributed by atoms with Gasteiger partial charge in [-0.05, 0) is 69.5 Å². The van der Waals surface area contributed by atoms with Gasteiger partial charge in [0.1, 0.15) is 5.82 Å². The molecule has 0 unspecified atom stereocenters. The molecule has 7 heteroatoms. The maximum Gasteiger partial charge on any atom is 0.258 e. The van der Waals surface area contributed by atoms with Crippen molar-refractivity contribution >= 4 is 17.3 Å². The third-order valence-corrected chi connectivity index (χ3v) is 5.93. The Labute approximate surface area is 187 Å². The second kappa shape index (κ2) is 9.20. The van der Waals surface area contributed by atoms with E-state index >= 15 is 0 Å². The van der Waals surface area contributed by atoms with Crippen LogP contribution in [0.25, 0.3) is 5.69 Å². The maximum absolute atomic E-state index is 12.4. The first kappa shape index (κ1) is 21.5. The van der Waals surface area contributed by atoms with Crippen LogP contribution in [0.15, 0.2) is 47.4 Å². The van der Waals surface area contributed by atoms with Gasteiger partial charge in [-0.3, -0.25) is 14.3 Å². The molecular formula is C24H27ClN4O2. The summed E-state index contributed by atoms with van der Waals surface area (Å²) < 4.78 is 7.67. The molecular weight excluding hydrogens is 412 g/mol. The third-order valence-electron chi connectivity index (χ3n) is 5.63. The normalized spacial score (nSPS) is 14.8. The summed E-state index contributed by atoms with van der Waals surface area (Å²) in [5.41, 5.74) is 4.49. The number of rotatable bonds is 5. The average Bonchev–Trinajstić information content (AvgIpc) is 2.72. The number of anilines is 1. The highest BCUT2D eigenvalue weighted by atomic mass is 35.5. The fraction of sp³-hybridized carbons (Fsp3) is 0.375. The Bertz CT molecular complexity index is 1140. The molecule has 0 bridgehead atoms. The molecule has 1 aliphatic heterocycles. The maximum atomic E-state index is 12.4. The van der Waals surface area contributed by atoms with Crippen molar-refractivity contribution in [3.8, 4) is 5.69 Å². The third kappa shape index (κ3) is 4.97. The number of nitrogens with zero attached hydrogens (tertiary/aromatic N) is 4. The Morgan fingerprint density at radius 2 is 1.87 bits per heavy atom. The number of benzene rings is 1. The van der Waals surface area contributed by atoms with E-state index in [1.807, 2.05) is 44.3 Å². The van der Waals surface area contributed by atoms with Crippen molar-refractivity contribution in [2.45, 2.75) is 46.3 Å². The first-order chi connectivity index (χ1) is 14.9. The fourth-order valence-electron chi connectivity index (χ4n) is 4.09. The molecule has 0 radical (unpaired) electrons. The molecule has 6 nitrogen and oxygen atoms in total. The van der Waals surface area contributed by atoms with E-state index in [4.69, 9.17) is 16.3 Å². The predicted octanol–water partition coefficient (Wildman–Crippen LogP) is 4.39. The van der Waals surface area contributed by atoms with Crippen molar-refractivity contribution in [1.29, 1.82) is 0 Å². The average molecular weight is 439 g/mol. The number of halogens is 1. The number of aromatic nitrogens is 3. The standard InChI is InChI=1S/C24H27ClN4O2/c1-16-6-9-26-19(12-16)15-31-21-7-10-28(11-8-21)23-5-4-20(14-22(23)25)29-18(3)27-17(2)13-24(29)30/h4-6,9,12-14,21H,7-8,10-11,15H2,1-3H3. The first-order valence-corrected chi connectivity index (χ1v) is 10.9. The lowest BCUT2D eigenvalue weighted by molar-refractivity contribution is 0.0234. The van der Waals surface area contributed by atoms with E-state index in [1.54, 1.807) is 4.57 Å². The topological polar surface area (TPSA) is 60.2 Å². The highest BCUT2D eigenvalue weighted by Gasteiger charge is 2.22. The quantitative estimate of drug-likeness (QED) is 0.591. The summed E-state index contributed by atoms with van der Waals surface area (Å²) in [6, 6.07) is 11.3. The van der Waals surface area contributed by atoms with Crippen molar-refractivity contribution in [3.63, 3.8) is 0 Å².